The quantitative estimate of drug-likeness (QED) is 0.469. The van der Waals surface area contributed by atoms with Gasteiger partial charge in [0.05, 0.1) is 12.8 Å². The van der Waals surface area contributed by atoms with Crippen LogP contribution in [0.25, 0.3) is 11.3 Å². The lowest BCUT2D eigenvalue weighted by molar-refractivity contribution is -0.164. The highest BCUT2D eigenvalue weighted by Crippen LogP contribution is 2.35. The topological polar surface area (TPSA) is 108 Å². The minimum Gasteiger partial charge on any atom is -0.495 e. The molecule has 1 unspecified atom stereocenters. The molecule has 0 aliphatic rings. The molecule has 0 aliphatic heterocycles. The number of aromatic nitrogens is 2. The Hall–Kier alpha value is -3.76. The summed E-state index contributed by atoms with van der Waals surface area (Å²) in [5.74, 6) is -1.40. The molecule has 5 N–H and O–H groups in total. The Labute approximate surface area is 181 Å². The summed E-state index contributed by atoms with van der Waals surface area (Å²) >= 11 is 0. The molecule has 1 amide bonds. The van der Waals surface area contributed by atoms with E-state index < -0.39 is 29.8 Å². The zero-order chi connectivity index (χ0) is 23.6. The number of rotatable bonds is 7. The number of nitrogens with one attached hydrogen (secondary N) is 1. The van der Waals surface area contributed by atoms with Gasteiger partial charge in [-0.25, -0.2) is 9.07 Å². The minimum absolute atomic E-state index is 0.0441. The lowest BCUT2D eigenvalue weighted by Gasteiger charge is -2.17. The normalized spacial score (nSPS) is 12.4. The van der Waals surface area contributed by atoms with E-state index in [0.29, 0.717) is 28.2 Å². The summed E-state index contributed by atoms with van der Waals surface area (Å²) in [5, 5.41) is 6.97. The van der Waals surface area contributed by atoms with Crippen molar-refractivity contribution in [3.05, 3.63) is 59.4 Å². The molecule has 1 atom stereocenters. The standard InChI is InChI=1S/C21H21F4N5O2/c1-11(21(23,24)25)30-19(26)17(20(27)31)18(29-30)13-5-3-12(4-6-13)10-28-15-9-14(22)7-8-16(15)32-2/h3-9,11,28H,10,26H2,1-2H3,(H2,27,31). The fourth-order valence-corrected chi connectivity index (χ4v) is 3.12. The van der Waals surface area contributed by atoms with Gasteiger partial charge < -0.3 is 21.5 Å². The predicted molar refractivity (Wildman–Crippen MR) is 112 cm³/mol. The number of hydrogen-bond acceptors (Lipinski definition) is 5. The summed E-state index contributed by atoms with van der Waals surface area (Å²) in [6.45, 7) is 1.19. The molecule has 32 heavy (non-hydrogen) atoms. The van der Waals surface area contributed by atoms with Crippen molar-refractivity contribution in [1.29, 1.82) is 0 Å². The number of nitrogens with zero attached hydrogens (tertiary/aromatic N) is 2. The number of alkyl halides is 3. The molecule has 0 bridgehead atoms. The van der Waals surface area contributed by atoms with Crippen LogP contribution < -0.4 is 21.5 Å². The summed E-state index contributed by atoms with van der Waals surface area (Å²) in [7, 11) is 1.47. The zero-order valence-electron chi connectivity index (χ0n) is 17.2. The number of benzene rings is 2. The Bertz CT molecular complexity index is 1130. The first-order valence-electron chi connectivity index (χ1n) is 9.44. The molecule has 3 aromatic rings. The van der Waals surface area contributed by atoms with Gasteiger partial charge in [-0.3, -0.25) is 4.79 Å². The summed E-state index contributed by atoms with van der Waals surface area (Å²) in [6.07, 6.45) is -4.61. The second-order valence-electron chi connectivity index (χ2n) is 7.03. The lowest BCUT2D eigenvalue weighted by Crippen LogP contribution is -2.26. The second-order valence-corrected chi connectivity index (χ2v) is 7.03. The van der Waals surface area contributed by atoms with Gasteiger partial charge in [0.1, 0.15) is 34.7 Å². The Morgan fingerprint density at radius 3 is 2.44 bits per heavy atom. The molecule has 0 aliphatic carbocycles. The first kappa shape index (κ1) is 22.9. The van der Waals surface area contributed by atoms with Gasteiger partial charge in [-0.05, 0) is 24.6 Å². The number of hydrogen-bond donors (Lipinski definition) is 3. The molecule has 0 saturated carbocycles. The molecule has 1 heterocycles. The third-order valence-corrected chi connectivity index (χ3v) is 4.91. The van der Waals surface area contributed by atoms with Gasteiger partial charge >= 0.3 is 6.18 Å². The zero-order valence-corrected chi connectivity index (χ0v) is 17.2. The predicted octanol–water partition coefficient (Wildman–Crippen LogP) is 4.11. The highest BCUT2D eigenvalue weighted by molar-refractivity contribution is 6.03. The molecular formula is C21H21F4N5O2. The SMILES string of the molecule is COc1ccc(F)cc1NCc1ccc(-c2nn(C(C)C(F)(F)F)c(N)c2C(N)=O)cc1. The molecule has 170 valence electrons. The van der Waals surface area contributed by atoms with Crippen LogP contribution in [0.4, 0.5) is 29.1 Å². The number of methoxy groups -OCH3 is 1. The molecule has 2 aromatic carbocycles. The number of ether oxygens (including phenoxy) is 1. The smallest absolute Gasteiger partial charge is 0.410 e. The largest absolute Gasteiger partial charge is 0.495 e. The van der Waals surface area contributed by atoms with Gasteiger partial charge in [0, 0.05) is 18.2 Å². The van der Waals surface area contributed by atoms with E-state index in [2.05, 4.69) is 10.4 Å². The summed E-state index contributed by atoms with van der Waals surface area (Å²) in [4.78, 5) is 11.9. The highest BCUT2D eigenvalue weighted by atomic mass is 19.4. The van der Waals surface area contributed by atoms with Crippen molar-refractivity contribution < 1.29 is 27.1 Å². The van der Waals surface area contributed by atoms with Crippen molar-refractivity contribution >= 4 is 17.4 Å². The van der Waals surface area contributed by atoms with Gasteiger partial charge in [-0.2, -0.15) is 18.3 Å². The van der Waals surface area contributed by atoms with E-state index in [0.717, 1.165) is 12.5 Å². The number of amides is 1. The van der Waals surface area contributed by atoms with Crippen LogP contribution in [0.1, 0.15) is 28.9 Å². The molecule has 3 rings (SSSR count). The van der Waals surface area contributed by atoms with Crippen molar-refractivity contribution in [3.8, 4) is 17.0 Å². The maximum Gasteiger partial charge on any atom is 0.410 e. The maximum absolute atomic E-state index is 13.5. The van der Waals surface area contributed by atoms with E-state index in [-0.39, 0.29) is 11.3 Å². The number of halogens is 4. The Kier molecular flexibility index (Phi) is 6.28. The van der Waals surface area contributed by atoms with Crippen molar-refractivity contribution in [2.75, 3.05) is 18.2 Å². The first-order valence-corrected chi connectivity index (χ1v) is 9.44. The van der Waals surface area contributed by atoms with Crippen molar-refractivity contribution in [1.82, 2.24) is 9.78 Å². The Morgan fingerprint density at radius 1 is 1.22 bits per heavy atom. The van der Waals surface area contributed by atoms with Crippen LogP contribution in [-0.2, 0) is 6.54 Å². The van der Waals surface area contributed by atoms with Gasteiger partial charge in [0.15, 0.2) is 0 Å². The molecule has 0 saturated heterocycles. The van der Waals surface area contributed by atoms with Crippen LogP contribution in [0.2, 0.25) is 0 Å². The van der Waals surface area contributed by atoms with Gasteiger partial charge in [0.2, 0.25) is 0 Å². The van der Waals surface area contributed by atoms with E-state index in [1.165, 1.54) is 25.3 Å². The average molecular weight is 451 g/mol. The molecule has 11 heteroatoms. The Morgan fingerprint density at radius 2 is 1.88 bits per heavy atom. The average Bonchev–Trinajstić information content (AvgIpc) is 3.08. The van der Waals surface area contributed by atoms with Crippen LogP contribution in [0, 0.1) is 5.82 Å². The van der Waals surface area contributed by atoms with Crippen LogP contribution in [0.5, 0.6) is 5.75 Å². The van der Waals surface area contributed by atoms with Gasteiger partial charge in [0.25, 0.3) is 5.91 Å². The van der Waals surface area contributed by atoms with E-state index in [4.69, 9.17) is 16.2 Å². The number of nitrogen functional groups attached to an aromatic ring is 1. The number of nitrogens with two attached hydrogens (primary N) is 2. The lowest BCUT2D eigenvalue weighted by atomic mass is 10.0. The van der Waals surface area contributed by atoms with E-state index in [9.17, 15) is 22.4 Å². The van der Waals surface area contributed by atoms with Crippen molar-refractivity contribution in [2.24, 2.45) is 5.73 Å². The number of carbonyl (C=O) groups excluding carboxylic acids is 1. The maximum atomic E-state index is 13.5. The molecule has 0 fully saturated rings. The first-order chi connectivity index (χ1) is 15.0. The van der Waals surface area contributed by atoms with Crippen LogP contribution in [0.3, 0.4) is 0 Å². The summed E-state index contributed by atoms with van der Waals surface area (Å²) in [6, 6.07) is 8.55. The van der Waals surface area contributed by atoms with E-state index in [1.54, 1.807) is 24.3 Å². The third kappa shape index (κ3) is 4.61. The fraction of sp³-hybridized carbons (Fsp3) is 0.238. The van der Waals surface area contributed by atoms with Crippen LogP contribution >= 0.6 is 0 Å². The minimum atomic E-state index is -4.61. The van der Waals surface area contributed by atoms with Gasteiger partial charge in [-0.15, -0.1) is 0 Å². The summed E-state index contributed by atoms with van der Waals surface area (Å²) < 4.78 is 58.7. The second kappa shape index (κ2) is 8.77. The number of anilines is 2. The number of carbonyl (C=O) groups is 1. The Balaban J connectivity index is 1.87. The molecule has 0 spiro atoms. The summed E-state index contributed by atoms with van der Waals surface area (Å²) in [5.41, 5.74) is 12.4. The molecule has 7 nitrogen and oxygen atoms in total. The number of primary amides is 1. The molecule has 0 radical (unpaired) electrons. The van der Waals surface area contributed by atoms with Crippen molar-refractivity contribution in [3.63, 3.8) is 0 Å². The molecular weight excluding hydrogens is 430 g/mol. The van der Waals surface area contributed by atoms with Crippen molar-refractivity contribution in [2.45, 2.75) is 25.7 Å². The van der Waals surface area contributed by atoms with Gasteiger partial charge in [-0.1, -0.05) is 24.3 Å². The van der Waals surface area contributed by atoms with E-state index >= 15 is 0 Å². The highest BCUT2D eigenvalue weighted by Gasteiger charge is 2.40. The molecule has 1 aromatic heterocycles. The van der Waals surface area contributed by atoms with Crippen LogP contribution in [0.15, 0.2) is 42.5 Å². The van der Waals surface area contributed by atoms with E-state index in [1.807, 2.05) is 0 Å². The van der Waals surface area contributed by atoms with Crippen LogP contribution in [-0.4, -0.2) is 29.0 Å². The monoisotopic (exact) mass is 451 g/mol. The fourth-order valence-electron chi connectivity index (χ4n) is 3.12. The third-order valence-electron chi connectivity index (χ3n) is 4.91.